The van der Waals surface area contributed by atoms with Crippen LogP contribution >= 0.6 is 0 Å². The van der Waals surface area contributed by atoms with Crippen LogP contribution in [0.15, 0.2) is 42.6 Å². The fourth-order valence-corrected chi connectivity index (χ4v) is 2.96. The standard InChI is InChI=1S/C20H21F3N2O3/c1-13(14-3-4-14)25(16-6-8-17(27-2)9-7-16)19(26)15-5-10-18(24-11-15)28-12-20(21,22)23/h5-11,13-14H,3-4,12H2,1-2H3/t13-/m0/s1. The van der Waals surface area contributed by atoms with Crippen molar-refractivity contribution in [3.8, 4) is 11.6 Å². The van der Waals surface area contributed by atoms with Crippen LogP contribution in [0.5, 0.6) is 11.6 Å². The van der Waals surface area contributed by atoms with Crippen LogP contribution < -0.4 is 14.4 Å². The Balaban J connectivity index is 1.80. The maximum Gasteiger partial charge on any atom is 0.422 e. The largest absolute Gasteiger partial charge is 0.497 e. The molecule has 1 aromatic heterocycles. The second-order valence-electron chi connectivity index (χ2n) is 6.74. The molecule has 8 heteroatoms. The van der Waals surface area contributed by atoms with E-state index in [1.165, 1.54) is 18.3 Å². The number of halogens is 3. The number of carbonyl (C=O) groups is 1. The summed E-state index contributed by atoms with van der Waals surface area (Å²) in [5.74, 6) is 0.663. The molecule has 28 heavy (non-hydrogen) atoms. The van der Waals surface area contributed by atoms with Gasteiger partial charge < -0.3 is 14.4 Å². The SMILES string of the molecule is COc1ccc(N(C(=O)c2ccc(OCC(F)(F)F)nc2)[C@@H](C)C2CC2)cc1. The summed E-state index contributed by atoms with van der Waals surface area (Å²) in [5, 5.41) is 0. The Kier molecular flexibility index (Phi) is 5.76. The average Bonchev–Trinajstić information content (AvgIpc) is 3.52. The first-order valence-corrected chi connectivity index (χ1v) is 8.91. The smallest absolute Gasteiger partial charge is 0.422 e. The lowest BCUT2D eigenvalue weighted by atomic mass is 10.1. The summed E-state index contributed by atoms with van der Waals surface area (Å²) in [6.07, 6.45) is -1.08. The number of aromatic nitrogens is 1. The number of hydrogen-bond donors (Lipinski definition) is 0. The predicted molar refractivity (Wildman–Crippen MR) is 97.8 cm³/mol. The molecule has 2 aromatic rings. The lowest BCUT2D eigenvalue weighted by Crippen LogP contribution is -2.40. The van der Waals surface area contributed by atoms with Crippen molar-refractivity contribution >= 4 is 11.6 Å². The third-order valence-electron chi connectivity index (χ3n) is 4.65. The van der Waals surface area contributed by atoms with Gasteiger partial charge in [-0.2, -0.15) is 13.2 Å². The van der Waals surface area contributed by atoms with Gasteiger partial charge in [0.1, 0.15) is 5.75 Å². The minimum absolute atomic E-state index is 0.0120. The highest BCUT2D eigenvalue weighted by Crippen LogP contribution is 2.38. The summed E-state index contributed by atoms with van der Waals surface area (Å²) in [7, 11) is 1.57. The Hall–Kier alpha value is -2.77. The number of benzene rings is 1. The molecule has 1 atom stereocenters. The zero-order valence-corrected chi connectivity index (χ0v) is 15.6. The summed E-state index contributed by atoms with van der Waals surface area (Å²) >= 11 is 0. The van der Waals surface area contributed by atoms with Crippen LogP contribution in [-0.2, 0) is 0 Å². The van der Waals surface area contributed by atoms with Gasteiger partial charge in [-0.15, -0.1) is 0 Å². The molecule has 1 aliphatic carbocycles. The van der Waals surface area contributed by atoms with Gasteiger partial charge in [0.25, 0.3) is 5.91 Å². The number of ether oxygens (including phenoxy) is 2. The predicted octanol–water partition coefficient (Wildman–Crippen LogP) is 4.48. The molecule has 1 amide bonds. The molecule has 1 fully saturated rings. The van der Waals surface area contributed by atoms with Crippen LogP contribution in [0.3, 0.4) is 0 Å². The molecule has 0 spiro atoms. The van der Waals surface area contributed by atoms with Crippen LogP contribution in [0.4, 0.5) is 18.9 Å². The number of pyridine rings is 1. The van der Waals surface area contributed by atoms with E-state index >= 15 is 0 Å². The van der Waals surface area contributed by atoms with Crippen LogP contribution in [-0.4, -0.2) is 36.8 Å². The van der Waals surface area contributed by atoms with Gasteiger partial charge in [-0.1, -0.05) is 0 Å². The highest BCUT2D eigenvalue weighted by atomic mass is 19.4. The Morgan fingerprint density at radius 3 is 2.39 bits per heavy atom. The molecule has 150 valence electrons. The molecule has 0 unspecified atom stereocenters. The molecule has 1 aromatic carbocycles. The first kappa shape index (κ1) is 20.0. The molecule has 0 N–H and O–H groups in total. The molecule has 1 heterocycles. The van der Waals surface area contributed by atoms with Crippen molar-refractivity contribution in [1.29, 1.82) is 0 Å². The molecule has 5 nitrogen and oxygen atoms in total. The van der Waals surface area contributed by atoms with Gasteiger partial charge in [0.15, 0.2) is 6.61 Å². The van der Waals surface area contributed by atoms with Crippen molar-refractivity contribution in [1.82, 2.24) is 4.98 Å². The van der Waals surface area contributed by atoms with E-state index < -0.39 is 12.8 Å². The van der Waals surface area contributed by atoms with Gasteiger partial charge in [0.2, 0.25) is 5.88 Å². The van der Waals surface area contributed by atoms with E-state index in [-0.39, 0.29) is 23.4 Å². The van der Waals surface area contributed by atoms with Crippen molar-refractivity contribution < 1.29 is 27.4 Å². The minimum Gasteiger partial charge on any atom is -0.497 e. The number of hydrogen-bond acceptors (Lipinski definition) is 4. The summed E-state index contributed by atoms with van der Waals surface area (Å²) in [6, 6.07) is 9.86. The van der Waals surface area contributed by atoms with Gasteiger partial charge in [0.05, 0.1) is 12.7 Å². The molecule has 1 saturated carbocycles. The Morgan fingerprint density at radius 1 is 1.21 bits per heavy atom. The quantitative estimate of drug-likeness (QED) is 0.695. The molecular formula is C20H21F3N2O3. The van der Waals surface area contributed by atoms with Crippen LogP contribution in [0.1, 0.15) is 30.1 Å². The first-order chi connectivity index (χ1) is 13.3. The Morgan fingerprint density at radius 2 is 1.89 bits per heavy atom. The summed E-state index contributed by atoms with van der Waals surface area (Å²) in [4.78, 5) is 18.7. The molecule has 0 saturated heterocycles. The zero-order valence-electron chi connectivity index (χ0n) is 15.6. The number of carbonyl (C=O) groups excluding carboxylic acids is 1. The van der Waals surface area contributed by atoms with E-state index in [9.17, 15) is 18.0 Å². The monoisotopic (exact) mass is 394 g/mol. The molecule has 0 radical (unpaired) electrons. The number of amides is 1. The second kappa shape index (κ2) is 8.08. The van der Waals surface area contributed by atoms with E-state index in [4.69, 9.17) is 4.74 Å². The van der Waals surface area contributed by atoms with Gasteiger partial charge in [-0.3, -0.25) is 4.79 Å². The molecular weight excluding hydrogens is 373 g/mol. The number of nitrogens with zero attached hydrogens (tertiary/aromatic N) is 2. The van der Waals surface area contributed by atoms with E-state index in [0.29, 0.717) is 11.7 Å². The third kappa shape index (κ3) is 4.94. The summed E-state index contributed by atoms with van der Waals surface area (Å²) < 4.78 is 46.5. The van der Waals surface area contributed by atoms with Gasteiger partial charge in [0, 0.05) is 24.0 Å². The molecule has 3 rings (SSSR count). The average molecular weight is 394 g/mol. The second-order valence-corrected chi connectivity index (χ2v) is 6.74. The van der Waals surface area contributed by atoms with Crippen molar-refractivity contribution in [3.05, 3.63) is 48.2 Å². The normalized spacial score (nSPS) is 15.0. The zero-order chi connectivity index (χ0) is 20.3. The molecule has 0 bridgehead atoms. The van der Waals surface area contributed by atoms with E-state index in [2.05, 4.69) is 9.72 Å². The number of methoxy groups -OCH3 is 1. The topological polar surface area (TPSA) is 51.7 Å². The highest BCUT2D eigenvalue weighted by molar-refractivity contribution is 6.06. The van der Waals surface area contributed by atoms with E-state index in [1.807, 2.05) is 19.1 Å². The first-order valence-electron chi connectivity index (χ1n) is 8.91. The third-order valence-corrected chi connectivity index (χ3v) is 4.65. The highest BCUT2D eigenvalue weighted by Gasteiger charge is 2.35. The van der Waals surface area contributed by atoms with Gasteiger partial charge in [-0.05, 0) is 56.0 Å². The lowest BCUT2D eigenvalue weighted by Gasteiger charge is -2.29. The Bertz CT molecular complexity index is 803. The van der Waals surface area contributed by atoms with E-state index in [1.54, 1.807) is 24.1 Å². The van der Waals surface area contributed by atoms with Crippen LogP contribution in [0, 0.1) is 5.92 Å². The maximum absolute atomic E-state index is 13.1. The van der Waals surface area contributed by atoms with Crippen molar-refractivity contribution in [3.63, 3.8) is 0 Å². The summed E-state index contributed by atoms with van der Waals surface area (Å²) in [5.41, 5.74) is 1.00. The van der Waals surface area contributed by atoms with Crippen molar-refractivity contribution in [2.45, 2.75) is 32.0 Å². The summed E-state index contributed by atoms with van der Waals surface area (Å²) in [6.45, 7) is 0.567. The minimum atomic E-state index is -4.44. The van der Waals surface area contributed by atoms with Crippen LogP contribution in [0.25, 0.3) is 0 Å². The maximum atomic E-state index is 13.1. The Labute approximate surface area is 161 Å². The number of alkyl halides is 3. The van der Waals surface area contributed by atoms with Crippen molar-refractivity contribution in [2.24, 2.45) is 5.92 Å². The van der Waals surface area contributed by atoms with Gasteiger partial charge in [-0.25, -0.2) is 4.98 Å². The fraction of sp³-hybridized carbons (Fsp3) is 0.400. The fourth-order valence-electron chi connectivity index (χ4n) is 2.96. The van der Waals surface area contributed by atoms with E-state index in [0.717, 1.165) is 18.5 Å². The number of rotatable bonds is 7. The lowest BCUT2D eigenvalue weighted by molar-refractivity contribution is -0.154. The molecule has 1 aliphatic rings. The van der Waals surface area contributed by atoms with Crippen molar-refractivity contribution in [2.75, 3.05) is 18.6 Å². The number of anilines is 1. The van der Waals surface area contributed by atoms with Gasteiger partial charge >= 0.3 is 6.18 Å². The molecule has 0 aliphatic heterocycles. The van der Waals surface area contributed by atoms with Crippen LogP contribution in [0.2, 0.25) is 0 Å².